The predicted octanol–water partition coefficient (Wildman–Crippen LogP) is 2.84. The molecule has 1 aliphatic heterocycles. The smallest absolute Gasteiger partial charge is 0.399 e. The predicted molar refractivity (Wildman–Crippen MR) is 101 cm³/mol. The van der Waals surface area contributed by atoms with E-state index in [9.17, 15) is 8.42 Å². The van der Waals surface area contributed by atoms with Crippen LogP contribution in [0.4, 0.5) is 0 Å². The maximum absolute atomic E-state index is 12.7. The molecule has 0 saturated carbocycles. The van der Waals surface area contributed by atoms with Gasteiger partial charge in [-0.05, 0) is 40.2 Å². The maximum Gasteiger partial charge on any atom is 0.496 e. The Kier molecular flexibility index (Phi) is 6.36. The topological polar surface area (TPSA) is 64.6 Å². The Morgan fingerprint density at radius 3 is 2.20 bits per heavy atom. The monoisotopic (exact) mass is 367 g/mol. The van der Waals surface area contributed by atoms with Gasteiger partial charge in [-0.2, -0.15) is 0 Å². The summed E-state index contributed by atoms with van der Waals surface area (Å²) in [5.41, 5.74) is -0.480. The lowest BCUT2D eigenvalue weighted by Gasteiger charge is -2.32. The Morgan fingerprint density at radius 2 is 1.60 bits per heavy atom. The molecule has 1 aliphatic rings. The third-order valence-corrected chi connectivity index (χ3v) is 6.57. The molecule has 25 heavy (non-hydrogen) atoms. The van der Waals surface area contributed by atoms with Crippen LogP contribution in [0.1, 0.15) is 60.3 Å². The van der Waals surface area contributed by atoms with E-state index < -0.39 is 28.3 Å². The number of unbranched alkanes of at least 4 members (excludes halogenated alkanes) is 3. The first-order chi connectivity index (χ1) is 11.6. The molecule has 7 heteroatoms. The average Bonchev–Trinajstić information content (AvgIpc) is 2.75. The minimum Gasteiger partial charge on any atom is -0.399 e. The van der Waals surface area contributed by atoms with E-state index >= 15 is 0 Å². The van der Waals surface area contributed by atoms with Crippen LogP contribution in [0.5, 0.6) is 0 Å². The fourth-order valence-electron chi connectivity index (χ4n) is 2.73. The molecule has 5 nitrogen and oxygen atoms in total. The zero-order valence-corrected chi connectivity index (χ0v) is 16.8. The standard InChI is InChI=1S/C18H30BNO4S/c1-6-7-8-11-14-20-25(21,22)16-13-10-9-12-15(16)19-23-17(2,3)18(4,5)24-19/h9-10,12-13,20H,6-8,11,14H2,1-5H3. The van der Waals surface area contributed by atoms with E-state index in [2.05, 4.69) is 11.6 Å². The molecule has 1 aromatic carbocycles. The van der Waals surface area contributed by atoms with E-state index in [1.165, 1.54) is 0 Å². The second-order valence-electron chi connectivity index (χ2n) is 7.58. The molecule has 2 rings (SSSR count). The van der Waals surface area contributed by atoms with Crippen molar-refractivity contribution >= 4 is 22.6 Å². The van der Waals surface area contributed by atoms with Crippen LogP contribution in [-0.4, -0.2) is 33.3 Å². The van der Waals surface area contributed by atoms with E-state index in [4.69, 9.17) is 9.31 Å². The largest absolute Gasteiger partial charge is 0.496 e. The zero-order chi connectivity index (χ0) is 18.7. The number of nitrogens with one attached hydrogen (secondary N) is 1. The van der Waals surface area contributed by atoms with Crippen LogP contribution in [0, 0.1) is 0 Å². The van der Waals surface area contributed by atoms with Crippen molar-refractivity contribution in [2.45, 2.75) is 76.4 Å². The minimum absolute atomic E-state index is 0.226. The maximum atomic E-state index is 12.7. The second-order valence-corrected chi connectivity index (χ2v) is 9.32. The fraction of sp³-hybridized carbons (Fsp3) is 0.667. The van der Waals surface area contributed by atoms with Crippen LogP contribution < -0.4 is 10.2 Å². The van der Waals surface area contributed by atoms with Crippen molar-refractivity contribution in [3.05, 3.63) is 24.3 Å². The van der Waals surface area contributed by atoms with Gasteiger partial charge in [0.05, 0.1) is 16.1 Å². The number of rotatable bonds is 8. The van der Waals surface area contributed by atoms with Crippen molar-refractivity contribution in [1.82, 2.24) is 4.72 Å². The summed E-state index contributed by atoms with van der Waals surface area (Å²) in [7, 11) is -4.30. The summed E-state index contributed by atoms with van der Waals surface area (Å²) in [6, 6.07) is 6.89. The summed E-state index contributed by atoms with van der Waals surface area (Å²) >= 11 is 0. The van der Waals surface area contributed by atoms with Crippen molar-refractivity contribution in [1.29, 1.82) is 0 Å². The Hall–Kier alpha value is -0.885. The normalized spacial score (nSPS) is 19.3. The third kappa shape index (κ3) is 4.64. The Labute approximate surface area is 152 Å². The van der Waals surface area contributed by atoms with Gasteiger partial charge in [-0.1, -0.05) is 44.4 Å². The molecule has 1 N–H and O–H groups in total. The molecule has 0 aliphatic carbocycles. The summed E-state index contributed by atoms with van der Waals surface area (Å²) in [6.45, 7) is 10.4. The lowest BCUT2D eigenvalue weighted by atomic mass is 9.79. The van der Waals surface area contributed by atoms with Gasteiger partial charge in [-0.15, -0.1) is 0 Å². The molecule has 1 fully saturated rings. The van der Waals surface area contributed by atoms with Gasteiger partial charge in [0, 0.05) is 12.0 Å². The van der Waals surface area contributed by atoms with Gasteiger partial charge in [-0.3, -0.25) is 0 Å². The quantitative estimate of drug-likeness (QED) is 0.567. The molecule has 1 aromatic rings. The SMILES string of the molecule is CCCCCCNS(=O)(=O)c1ccccc1B1OC(C)(C)C(C)(C)O1. The van der Waals surface area contributed by atoms with Gasteiger partial charge in [0.25, 0.3) is 0 Å². The fourth-order valence-corrected chi connectivity index (χ4v) is 4.03. The van der Waals surface area contributed by atoms with Gasteiger partial charge in [-0.25, -0.2) is 13.1 Å². The molecule has 0 atom stereocenters. The molecule has 0 radical (unpaired) electrons. The molecule has 140 valence electrons. The van der Waals surface area contributed by atoms with Crippen LogP contribution >= 0.6 is 0 Å². The van der Waals surface area contributed by atoms with E-state index in [1.54, 1.807) is 24.3 Å². The minimum atomic E-state index is -3.60. The highest BCUT2D eigenvalue weighted by Crippen LogP contribution is 2.36. The van der Waals surface area contributed by atoms with E-state index in [-0.39, 0.29) is 4.90 Å². The molecular formula is C18H30BNO4S. The van der Waals surface area contributed by atoms with Crippen LogP contribution in [0.15, 0.2) is 29.2 Å². The van der Waals surface area contributed by atoms with E-state index in [0.717, 1.165) is 25.7 Å². The second kappa shape index (κ2) is 7.78. The summed E-state index contributed by atoms with van der Waals surface area (Å²) in [5.74, 6) is 0. The van der Waals surface area contributed by atoms with Crippen molar-refractivity contribution < 1.29 is 17.7 Å². The van der Waals surface area contributed by atoms with Gasteiger partial charge < -0.3 is 9.31 Å². The Bertz CT molecular complexity index is 672. The first-order valence-electron chi connectivity index (χ1n) is 9.05. The molecule has 0 unspecified atom stereocenters. The highest BCUT2D eigenvalue weighted by molar-refractivity contribution is 7.89. The lowest BCUT2D eigenvalue weighted by Crippen LogP contribution is -2.41. The van der Waals surface area contributed by atoms with Gasteiger partial charge >= 0.3 is 7.12 Å². The molecule has 1 heterocycles. The molecule has 0 amide bonds. The lowest BCUT2D eigenvalue weighted by molar-refractivity contribution is 0.00578. The molecule has 0 aromatic heterocycles. The van der Waals surface area contributed by atoms with Crippen LogP contribution in [0.3, 0.4) is 0 Å². The van der Waals surface area contributed by atoms with Crippen molar-refractivity contribution in [2.24, 2.45) is 0 Å². The highest BCUT2D eigenvalue weighted by atomic mass is 32.2. The highest BCUT2D eigenvalue weighted by Gasteiger charge is 2.52. The van der Waals surface area contributed by atoms with E-state index in [0.29, 0.717) is 12.0 Å². The van der Waals surface area contributed by atoms with Gasteiger partial charge in [0.2, 0.25) is 10.0 Å². The van der Waals surface area contributed by atoms with Crippen LogP contribution in [-0.2, 0) is 19.3 Å². The Morgan fingerprint density at radius 1 is 1.00 bits per heavy atom. The van der Waals surface area contributed by atoms with Crippen LogP contribution in [0.25, 0.3) is 0 Å². The Balaban J connectivity index is 2.18. The number of sulfonamides is 1. The van der Waals surface area contributed by atoms with E-state index in [1.807, 2.05) is 27.7 Å². The summed E-state index contributed by atoms with van der Waals surface area (Å²) in [4.78, 5) is 0.226. The molecular weight excluding hydrogens is 337 g/mol. The first-order valence-corrected chi connectivity index (χ1v) is 10.5. The summed E-state index contributed by atoms with van der Waals surface area (Å²) < 4.78 is 40.2. The molecule has 0 spiro atoms. The first kappa shape index (κ1) is 20.4. The number of hydrogen-bond acceptors (Lipinski definition) is 4. The molecule has 1 saturated heterocycles. The number of hydrogen-bond donors (Lipinski definition) is 1. The van der Waals surface area contributed by atoms with Crippen molar-refractivity contribution in [2.75, 3.05) is 6.54 Å². The summed E-state index contributed by atoms with van der Waals surface area (Å²) in [6.07, 6.45) is 4.10. The summed E-state index contributed by atoms with van der Waals surface area (Å²) in [5, 5.41) is 0. The number of benzene rings is 1. The average molecular weight is 367 g/mol. The van der Waals surface area contributed by atoms with Crippen molar-refractivity contribution in [3.8, 4) is 0 Å². The van der Waals surface area contributed by atoms with Crippen LogP contribution in [0.2, 0.25) is 0 Å². The van der Waals surface area contributed by atoms with Gasteiger partial charge in [0.1, 0.15) is 0 Å². The zero-order valence-electron chi connectivity index (χ0n) is 16.0. The third-order valence-electron chi connectivity index (χ3n) is 5.04. The van der Waals surface area contributed by atoms with Gasteiger partial charge in [0.15, 0.2) is 0 Å². The van der Waals surface area contributed by atoms with Crippen molar-refractivity contribution in [3.63, 3.8) is 0 Å². The molecule has 0 bridgehead atoms.